The Balaban J connectivity index is 1.98. The van der Waals surface area contributed by atoms with Gasteiger partial charge in [0.1, 0.15) is 0 Å². The summed E-state index contributed by atoms with van der Waals surface area (Å²) >= 11 is 3.54. The lowest BCUT2D eigenvalue weighted by Gasteiger charge is -2.28. The quantitative estimate of drug-likeness (QED) is 0.730. The first-order valence-corrected chi connectivity index (χ1v) is 7.68. The Bertz CT molecular complexity index is 283. The third-order valence-electron chi connectivity index (χ3n) is 3.94. The van der Waals surface area contributed by atoms with Crippen molar-refractivity contribution in [3.05, 3.63) is 0 Å². The Labute approximate surface area is 113 Å². The Morgan fingerprint density at radius 2 is 1.94 bits per heavy atom. The fourth-order valence-electron chi connectivity index (χ4n) is 2.87. The fourth-order valence-corrected chi connectivity index (χ4v) is 3.16. The van der Waals surface area contributed by atoms with Gasteiger partial charge in [-0.15, -0.1) is 0 Å². The molecule has 0 aromatic heterocycles. The summed E-state index contributed by atoms with van der Waals surface area (Å²) in [5.41, 5.74) is 0. The van der Waals surface area contributed by atoms with E-state index in [1.165, 1.54) is 25.9 Å². The number of carbonyl (C=O) groups excluding carboxylic acids is 1. The Morgan fingerprint density at radius 1 is 1.24 bits per heavy atom. The summed E-state index contributed by atoms with van der Waals surface area (Å²) in [6, 6.07) is 0.619. The molecule has 2 rings (SSSR count). The zero-order chi connectivity index (χ0) is 12.4. The molecule has 0 N–H and O–H groups in total. The molecule has 0 bridgehead atoms. The highest BCUT2D eigenvalue weighted by atomic mass is 79.9. The van der Waals surface area contributed by atoms with Gasteiger partial charge in [0.2, 0.25) is 5.91 Å². The highest BCUT2D eigenvalue weighted by Crippen LogP contribution is 2.23. The third kappa shape index (κ3) is 3.02. The Kier molecular flexibility index (Phi) is 4.47. The van der Waals surface area contributed by atoms with Gasteiger partial charge in [0.05, 0.1) is 4.83 Å². The van der Waals surface area contributed by atoms with Crippen molar-refractivity contribution in [1.29, 1.82) is 0 Å². The van der Waals surface area contributed by atoms with Gasteiger partial charge in [-0.25, -0.2) is 0 Å². The summed E-state index contributed by atoms with van der Waals surface area (Å²) in [6.45, 7) is 8.46. The smallest absolute Gasteiger partial charge is 0.236 e. The van der Waals surface area contributed by atoms with Crippen molar-refractivity contribution in [2.45, 2.75) is 44.0 Å². The minimum atomic E-state index is -0.0181. The maximum Gasteiger partial charge on any atom is 0.236 e. The summed E-state index contributed by atoms with van der Waals surface area (Å²) in [7, 11) is 0. The molecule has 0 spiro atoms. The standard InChI is InChI=1S/C13H23BrN2O/c1-10(2)12(14)13(17)16-8-4-7-15-6-3-5-11(15)9-16/h10-12H,3-9H2,1-2H3. The van der Waals surface area contributed by atoms with Gasteiger partial charge in [-0.2, -0.15) is 0 Å². The molecular formula is C13H23BrN2O. The van der Waals surface area contributed by atoms with Crippen LogP contribution < -0.4 is 0 Å². The second-order valence-corrected chi connectivity index (χ2v) is 6.60. The number of hydrogen-bond donors (Lipinski definition) is 0. The van der Waals surface area contributed by atoms with Crippen molar-refractivity contribution >= 4 is 21.8 Å². The number of halogens is 1. The van der Waals surface area contributed by atoms with Crippen LogP contribution in [0.1, 0.15) is 33.1 Å². The zero-order valence-corrected chi connectivity index (χ0v) is 12.4. The van der Waals surface area contributed by atoms with E-state index in [4.69, 9.17) is 0 Å². The van der Waals surface area contributed by atoms with E-state index in [9.17, 15) is 4.79 Å². The van der Waals surface area contributed by atoms with E-state index in [2.05, 4.69) is 39.6 Å². The van der Waals surface area contributed by atoms with Crippen LogP contribution in [0.15, 0.2) is 0 Å². The molecule has 2 aliphatic rings. The average Bonchev–Trinajstić information content (AvgIpc) is 2.64. The predicted molar refractivity (Wildman–Crippen MR) is 73.3 cm³/mol. The number of fused-ring (bicyclic) bond motifs is 1. The van der Waals surface area contributed by atoms with Crippen molar-refractivity contribution in [2.24, 2.45) is 5.92 Å². The number of carbonyl (C=O) groups is 1. The number of amides is 1. The normalized spacial score (nSPS) is 28.0. The lowest BCUT2D eigenvalue weighted by Crippen LogP contribution is -2.43. The number of alkyl halides is 1. The molecule has 2 unspecified atom stereocenters. The van der Waals surface area contributed by atoms with Gasteiger partial charge >= 0.3 is 0 Å². The molecule has 0 aromatic rings. The van der Waals surface area contributed by atoms with Gasteiger partial charge in [0.15, 0.2) is 0 Å². The van der Waals surface area contributed by atoms with E-state index < -0.39 is 0 Å². The van der Waals surface area contributed by atoms with Gasteiger partial charge in [-0.3, -0.25) is 9.69 Å². The van der Waals surface area contributed by atoms with Crippen LogP contribution in [0.25, 0.3) is 0 Å². The first kappa shape index (κ1) is 13.3. The first-order valence-electron chi connectivity index (χ1n) is 6.76. The minimum Gasteiger partial charge on any atom is -0.340 e. The number of hydrogen-bond acceptors (Lipinski definition) is 2. The van der Waals surface area contributed by atoms with Crippen molar-refractivity contribution in [2.75, 3.05) is 26.2 Å². The molecule has 4 heteroatoms. The monoisotopic (exact) mass is 302 g/mol. The van der Waals surface area contributed by atoms with Gasteiger partial charge in [0.25, 0.3) is 0 Å². The van der Waals surface area contributed by atoms with Crippen LogP contribution in [0, 0.1) is 5.92 Å². The van der Waals surface area contributed by atoms with Crippen LogP contribution in [0.3, 0.4) is 0 Å². The molecule has 98 valence electrons. The van der Waals surface area contributed by atoms with Crippen LogP contribution in [-0.2, 0) is 4.79 Å². The largest absolute Gasteiger partial charge is 0.340 e. The van der Waals surface area contributed by atoms with Gasteiger partial charge < -0.3 is 4.90 Å². The molecule has 2 heterocycles. The molecule has 0 saturated carbocycles. The van der Waals surface area contributed by atoms with Crippen molar-refractivity contribution in [3.8, 4) is 0 Å². The molecule has 2 fully saturated rings. The Morgan fingerprint density at radius 3 is 2.65 bits per heavy atom. The van der Waals surface area contributed by atoms with Crippen molar-refractivity contribution in [1.82, 2.24) is 9.80 Å². The third-order valence-corrected chi connectivity index (χ3v) is 5.39. The second-order valence-electron chi connectivity index (χ2n) is 5.62. The van der Waals surface area contributed by atoms with Crippen LogP contribution in [0.2, 0.25) is 0 Å². The average molecular weight is 303 g/mol. The van der Waals surface area contributed by atoms with Crippen molar-refractivity contribution in [3.63, 3.8) is 0 Å². The highest BCUT2D eigenvalue weighted by molar-refractivity contribution is 9.10. The number of rotatable bonds is 2. The van der Waals surface area contributed by atoms with E-state index in [0.717, 1.165) is 19.5 Å². The van der Waals surface area contributed by atoms with Crippen LogP contribution in [0.5, 0.6) is 0 Å². The van der Waals surface area contributed by atoms with E-state index in [1.807, 2.05) is 0 Å². The van der Waals surface area contributed by atoms with E-state index in [-0.39, 0.29) is 10.7 Å². The molecule has 0 aliphatic carbocycles. The summed E-state index contributed by atoms with van der Waals surface area (Å²) < 4.78 is 0. The second kappa shape index (κ2) is 5.70. The van der Waals surface area contributed by atoms with E-state index in [1.54, 1.807) is 0 Å². The fraction of sp³-hybridized carbons (Fsp3) is 0.923. The van der Waals surface area contributed by atoms with Crippen LogP contribution in [0.4, 0.5) is 0 Å². The molecule has 2 aliphatic heterocycles. The molecule has 0 aromatic carbocycles. The summed E-state index contributed by atoms with van der Waals surface area (Å²) in [5.74, 6) is 0.652. The summed E-state index contributed by atoms with van der Waals surface area (Å²) in [5, 5.41) is 0. The Hall–Kier alpha value is -0.0900. The predicted octanol–water partition coefficient (Wildman–Crippen LogP) is 2.10. The molecule has 0 radical (unpaired) electrons. The van der Waals surface area contributed by atoms with Gasteiger partial charge in [0, 0.05) is 25.7 Å². The summed E-state index contributed by atoms with van der Waals surface area (Å²) in [6.07, 6.45) is 3.69. The maximum absolute atomic E-state index is 12.3. The molecular weight excluding hydrogens is 280 g/mol. The highest BCUT2D eigenvalue weighted by Gasteiger charge is 2.32. The topological polar surface area (TPSA) is 23.6 Å². The van der Waals surface area contributed by atoms with E-state index >= 15 is 0 Å². The van der Waals surface area contributed by atoms with Gasteiger partial charge in [-0.05, 0) is 31.7 Å². The molecule has 2 saturated heterocycles. The zero-order valence-electron chi connectivity index (χ0n) is 10.9. The van der Waals surface area contributed by atoms with Gasteiger partial charge in [-0.1, -0.05) is 29.8 Å². The van der Waals surface area contributed by atoms with Crippen LogP contribution >= 0.6 is 15.9 Å². The van der Waals surface area contributed by atoms with Crippen LogP contribution in [-0.4, -0.2) is 52.8 Å². The molecule has 2 atom stereocenters. The minimum absolute atomic E-state index is 0.0181. The lowest BCUT2D eigenvalue weighted by atomic mass is 10.1. The molecule has 1 amide bonds. The lowest BCUT2D eigenvalue weighted by molar-refractivity contribution is -0.131. The van der Waals surface area contributed by atoms with Crippen molar-refractivity contribution < 1.29 is 4.79 Å². The molecule has 17 heavy (non-hydrogen) atoms. The number of nitrogens with zero attached hydrogens (tertiary/aromatic N) is 2. The van der Waals surface area contributed by atoms with E-state index in [0.29, 0.717) is 12.0 Å². The SMILES string of the molecule is CC(C)C(Br)C(=O)N1CCCN2CCCC2C1. The maximum atomic E-state index is 12.3. The first-order chi connectivity index (χ1) is 8.09. The summed E-state index contributed by atoms with van der Waals surface area (Å²) in [4.78, 5) is 17.0. The molecule has 3 nitrogen and oxygen atoms in total.